The van der Waals surface area contributed by atoms with Crippen LogP contribution in [-0.2, 0) is 19.1 Å². The van der Waals surface area contributed by atoms with Crippen molar-refractivity contribution in [3.8, 4) is 5.75 Å². The first kappa shape index (κ1) is 18.4. The van der Waals surface area contributed by atoms with Gasteiger partial charge in [0.25, 0.3) is 0 Å². The average Bonchev–Trinajstić information content (AvgIpc) is 2.46. The van der Waals surface area contributed by atoms with E-state index in [1.54, 1.807) is 12.1 Å². The molecule has 0 saturated heterocycles. The molecule has 0 unspecified atom stereocenters. The molecule has 1 amide bonds. The zero-order valence-electron chi connectivity index (χ0n) is 14.2. The van der Waals surface area contributed by atoms with E-state index in [1.807, 2.05) is 20.8 Å². The number of benzene rings is 1. The number of hydrogen-bond donors (Lipinski definition) is 1. The molecule has 0 radical (unpaired) electrons. The quantitative estimate of drug-likeness (QED) is 0.522. The van der Waals surface area contributed by atoms with E-state index in [1.165, 1.54) is 21.0 Å². The molecule has 0 saturated carbocycles. The Morgan fingerprint density at radius 1 is 1.09 bits per heavy atom. The van der Waals surface area contributed by atoms with Crippen molar-refractivity contribution < 1.29 is 23.9 Å². The van der Waals surface area contributed by atoms with Crippen molar-refractivity contribution in [2.75, 3.05) is 7.11 Å². The first-order valence-corrected chi connectivity index (χ1v) is 7.04. The van der Waals surface area contributed by atoms with Crippen LogP contribution in [0.2, 0.25) is 0 Å². The van der Waals surface area contributed by atoms with Crippen molar-refractivity contribution in [1.82, 2.24) is 5.32 Å². The Bertz CT molecular complexity index is 689. The molecule has 1 aromatic carbocycles. The van der Waals surface area contributed by atoms with Gasteiger partial charge in [-0.05, 0) is 55.2 Å². The number of amides is 1. The Balaban J connectivity index is 3.43. The highest BCUT2D eigenvalue weighted by Crippen LogP contribution is 2.29. The van der Waals surface area contributed by atoms with Gasteiger partial charge in [-0.2, -0.15) is 0 Å². The molecule has 124 valence electrons. The van der Waals surface area contributed by atoms with Crippen LogP contribution in [0.5, 0.6) is 5.75 Å². The molecule has 0 heterocycles. The summed E-state index contributed by atoms with van der Waals surface area (Å²) in [5, 5.41) is 2.46. The lowest BCUT2D eigenvalue weighted by Crippen LogP contribution is -2.25. The summed E-state index contributed by atoms with van der Waals surface area (Å²) in [7, 11) is 1.24. The summed E-state index contributed by atoms with van der Waals surface area (Å²) in [6.07, 6.45) is 1.56. The molecule has 0 aliphatic heterocycles. The van der Waals surface area contributed by atoms with Crippen LogP contribution in [0.15, 0.2) is 11.8 Å². The fourth-order valence-electron chi connectivity index (χ4n) is 2.14. The molecule has 0 aromatic heterocycles. The van der Waals surface area contributed by atoms with Crippen molar-refractivity contribution in [2.45, 2.75) is 34.6 Å². The molecule has 23 heavy (non-hydrogen) atoms. The lowest BCUT2D eigenvalue weighted by atomic mass is 9.96. The predicted molar refractivity (Wildman–Crippen MR) is 85.8 cm³/mol. The third-order valence-electron chi connectivity index (χ3n) is 3.37. The fraction of sp³-hybridized carbons (Fsp3) is 0.353. The fourth-order valence-corrected chi connectivity index (χ4v) is 2.14. The minimum Gasteiger partial charge on any atom is -0.464 e. The van der Waals surface area contributed by atoms with Gasteiger partial charge in [0.05, 0.1) is 7.11 Å². The minimum atomic E-state index is -0.638. The molecule has 1 rings (SSSR count). The number of nitrogens with one attached hydrogen (secondary N) is 1. The maximum atomic E-state index is 11.8. The van der Waals surface area contributed by atoms with Gasteiger partial charge in [0.2, 0.25) is 5.91 Å². The molecule has 0 spiro atoms. The molecular weight excluding hydrogens is 298 g/mol. The lowest BCUT2D eigenvalue weighted by Gasteiger charge is -2.15. The monoisotopic (exact) mass is 319 g/mol. The third-order valence-corrected chi connectivity index (χ3v) is 3.37. The van der Waals surface area contributed by atoms with Crippen LogP contribution in [0, 0.1) is 20.8 Å². The second kappa shape index (κ2) is 7.58. The zero-order chi connectivity index (χ0) is 17.7. The van der Waals surface area contributed by atoms with E-state index in [-0.39, 0.29) is 11.6 Å². The Hall–Kier alpha value is -2.63. The van der Waals surface area contributed by atoms with Gasteiger partial charge in [-0.25, -0.2) is 4.79 Å². The SMILES string of the molecule is COC(=O)/C(=C\c1c(C)cc(OC(C)=O)c(C)c1C)NC(C)=O. The van der Waals surface area contributed by atoms with Crippen LogP contribution in [0.1, 0.15) is 36.1 Å². The maximum absolute atomic E-state index is 11.8. The lowest BCUT2D eigenvalue weighted by molar-refractivity contribution is -0.137. The number of ether oxygens (including phenoxy) is 2. The molecule has 0 bridgehead atoms. The number of esters is 2. The molecule has 0 atom stereocenters. The first-order chi connectivity index (χ1) is 10.7. The maximum Gasteiger partial charge on any atom is 0.354 e. The largest absolute Gasteiger partial charge is 0.464 e. The highest BCUT2D eigenvalue weighted by Gasteiger charge is 2.16. The first-order valence-electron chi connectivity index (χ1n) is 7.04. The van der Waals surface area contributed by atoms with Gasteiger partial charge in [0.1, 0.15) is 11.4 Å². The van der Waals surface area contributed by atoms with E-state index >= 15 is 0 Å². The highest BCUT2D eigenvalue weighted by atomic mass is 16.5. The van der Waals surface area contributed by atoms with E-state index in [0.717, 1.165) is 22.3 Å². The van der Waals surface area contributed by atoms with E-state index < -0.39 is 11.9 Å². The smallest absolute Gasteiger partial charge is 0.354 e. The second-order valence-electron chi connectivity index (χ2n) is 5.18. The average molecular weight is 319 g/mol. The summed E-state index contributed by atoms with van der Waals surface area (Å²) in [5.74, 6) is -0.932. The molecule has 0 fully saturated rings. The van der Waals surface area contributed by atoms with Gasteiger partial charge in [0.15, 0.2) is 0 Å². The number of aryl methyl sites for hydroxylation is 1. The Labute approximate surface area is 135 Å². The van der Waals surface area contributed by atoms with Crippen LogP contribution in [-0.4, -0.2) is 25.0 Å². The molecule has 0 aliphatic rings. The Morgan fingerprint density at radius 3 is 2.17 bits per heavy atom. The molecule has 1 aromatic rings. The summed E-state index contributed by atoms with van der Waals surface area (Å²) in [5.41, 5.74) is 3.23. The van der Waals surface area contributed by atoms with Gasteiger partial charge in [-0.15, -0.1) is 0 Å². The van der Waals surface area contributed by atoms with Crippen molar-refractivity contribution in [1.29, 1.82) is 0 Å². The summed E-state index contributed by atoms with van der Waals surface area (Å²) < 4.78 is 9.86. The summed E-state index contributed by atoms with van der Waals surface area (Å²) in [6, 6.07) is 1.72. The van der Waals surface area contributed by atoms with Crippen LogP contribution >= 0.6 is 0 Å². The number of hydrogen-bond acceptors (Lipinski definition) is 5. The van der Waals surface area contributed by atoms with E-state index in [0.29, 0.717) is 5.75 Å². The van der Waals surface area contributed by atoms with Crippen molar-refractivity contribution >= 4 is 23.9 Å². The van der Waals surface area contributed by atoms with Gasteiger partial charge >= 0.3 is 11.9 Å². The van der Waals surface area contributed by atoms with E-state index in [2.05, 4.69) is 10.1 Å². The molecule has 0 aliphatic carbocycles. The second-order valence-corrected chi connectivity index (χ2v) is 5.18. The summed E-state index contributed by atoms with van der Waals surface area (Å²) >= 11 is 0. The highest BCUT2D eigenvalue weighted by molar-refractivity contribution is 5.98. The normalized spacial score (nSPS) is 11.0. The Kier molecular flexibility index (Phi) is 6.07. The van der Waals surface area contributed by atoms with Gasteiger partial charge < -0.3 is 14.8 Å². The zero-order valence-corrected chi connectivity index (χ0v) is 14.2. The van der Waals surface area contributed by atoms with Crippen molar-refractivity contribution in [3.05, 3.63) is 34.0 Å². The molecule has 6 heteroatoms. The Morgan fingerprint density at radius 2 is 1.70 bits per heavy atom. The predicted octanol–water partition coefficient (Wildman–Crippen LogP) is 2.19. The van der Waals surface area contributed by atoms with Crippen LogP contribution < -0.4 is 10.1 Å². The molecule has 1 N–H and O–H groups in total. The summed E-state index contributed by atoms with van der Waals surface area (Å²) in [6.45, 7) is 8.15. The molecular formula is C17H21NO5. The van der Waals surface area contributed by atoms with Crippen LogP contribution in [0.3, 0.4) is 0 Å². The van der Waals surface area contributed by atoms with Crippen LogP contribution in [0.25, 0.3) is 6.08 Å². The third kappa shape index (κ3) is 4.67. The number of rotatable bonds is 4. The van der Waals surface area contributed by atoms with Gasteiger partial charge in [-0.1, -0.05) is 0 Å². The number of methoxy groups -OCH3 is 1. The van der Waals surface area contributed by atoms with Gasteiger partial charge in [-0.3, -0.25) is 9.59 Å². The number of carbonyl (C=O) groups is 3. The topological polar surface area (TPSA) is 81.7 Å². The van der Waals surface area contributed by atoms with E-state index in [9.17, 15) is 14.4 Å². The van der Waals surface area contributed by atoms with E-state index in [4.69, 9.17) is 4.74 Å². The van der Waals surface area contributed by atoms with Gasteiger partial charge in [0, 0.05) is 13.8 Å². The number of carbonyl (C=O) groups excluding carboxylic acids is 3. The van der Waals surface area contributed by atoms with Crippen molar-refractivity contribution in [2.24, 2.45) is 0 Å². The minimum absolute atomic E-state index is 0.0471. The summed E-state index contributed by atoms with van der Waals surface area (Å²) in [4.78, 5) is 34.2. The van der Waals surface area contributed by atoms with Crippen molar-refractivity contribution in [3.63, 3.8) is 0 Å². The van der Waals surface area contributed by atoms with Crippen LogP contribution in [0.4, 0.5) is 0 Å². The molecule has 6 nitrogen and oxygen atoms in total. The standard InChI is InChI=1S/C17H21NO5/c1-9-7-16(23-13(5)20)11(3)10(2)14(9)8-15(17(21)22-6)18-12(4)19/h7-8H,1-6H3,(H,18,19)/b15-8+.